The molecule has 1 N–H and O–H groups in total. The molecule has 0 fully saturated rings. The van der Waals surface area contributed by atoms with Gasteiger partial charge in [0.1, 0.15) is 0 Å². The van der Waals surface area contributed by atoms with Crippen LogP contribution in [0, 0.1) is 11.3 Å². The Morgan fingerprint density at radius 3 is 2.71 bits per heavy atom. The molecule has 0 aliphatic carbocycles. The van der Waals surface area contributed by atoms with Gasteiger partial charge in [0, 0.05) is 17.5 Å². The van der Waals surface area contributed by atoms with Crippen LogP contribution >= 0.6 is 0 Å². The number of nitrogens with zero attached hydrogens (tertiary/aromatic N) is 1. The van der Waals surface area contributed by atoms with Crippen LogP contribution in [0.4, 0.5) is 18.9 Å². The number of alkyl halides is 3. The number of allylic oxidation sites excluding steroid dienone is 2. The van der Waals surface area contributed by atoms with Gasteiger partial charge in [-0.2, -0.15) is 5.26 Å². The summed E-state index contributed by atoms with van der Waals surface area (Å²) < 4.78 is 37.4. The number of hydrogen-bond acceptors (Lipinski definition) is 2. The Morgan fingerprint density at radius 1 is 1.41 bits per heavy atom. The van der Waals surface area contributed by atoms with E-state index in [0.717, 1.165) is 0 Å². The zero-order chi connectivity index (χ0) is 12.8. The summed E-state index contributed by atoms with van der Waals surface area (Å²) in [6.07, 6.45) is -4.06. The third kappa shape index (κ3) is 3.83. The van der Waals surface area contributed by atoms with Crippen molar-refractivity contribution in [1.82, 2.24) is 0 Å². The van der Waals surface area contributed by atoms with Crippen LogP contribution in [-0.2, 0) is 0 Å². The fraction of sp³-hybridized carbons (Fsp3) is 0.250. The zero-order valence-corrected chi connectivity index (χ0v) is 9.12. The smallest absolute Gasteiger partial charge is 0.273 e. The molecule has 5 heteroatoms. The summed E-state index contributed by atoms with van der Waals surface area (Å²) >= 11 is 0. The second-order valence-electron chi connectivity index (χ2n) is 3.44. The lowest BCUT2D eigenvalue weighted by molar-refractivity contribution is 0.0496. The van der Waals surface area contributed by atoms with Crippen LogP contribution in [-0.4, -0.2) is 6.43 Å². The molecule has 0 saturated carbocycles. The maximum atomic E-state index is 13.1. The van der Waals surface area contributed by atoms with Crippen molar-refractivity contribution in [3.05, 3.63) is 41.6 Å². The molecule has 2 nitrogen and oxygen atoms in total. The van der Waals surface area contributed by atoms with Crippen molar-refractivity contribution in [3.63, 3.8) is 0 Å². The Morgan fingerprint density at radius 2 is 2.12 bits per heavy atom. The van der Waals surface area contributed by atoms with Crippen molar-refractivity contribution in [2.45, 2.75) is 19.5 Å². The summed E-state index contributed by atoms with van der Waals surface area (Å²) in [5, 5.41) is 11.2. The van der Waals surface area contributed by atoms with Crippen LogP contribution in [0.2, 0.25) is 0 Å². The standard InChI is InChI=1S/C12H11F3N2/c1-8(5-6-16)17-10-4-2-3-9(7-10)11(13)12(14)15/h2-5,7,11-12,17H,1H3/b8-5+. The van der Waals surface area contributed by atoms with E-state index in [2.05, 4.69) is 5.32 Å². The Bertz CT molecular complexity index is 449. The van der Waals surface area contributed by atoms with E-state index < -0.39 is 12.6 Å². The minimum absolute atomic E-state index is 0.0882. The van der Waals surface area contributed by atoms with E-state index in [1.807, 2.05) is 6.07 Å². The van der Waals surface area contributed by atoms with Gasteiger partial charge in [-0.3, -0.25) is 0 Å². The topological polar surface area (TPSA) is 35.8 Å². The van der Waals surface area contributed by atoms with E-state index in [4.69, 9.17) is 5.26 Å². The highest BCUT2D eigenvalue weighted by Crippen LogP contribution is 2.26. The van der Waals surface area contributed by atoms with Gasteiger partial charge in [-0.05, 0) is 24.6 Å². The number of anilines is 1. The summed E-state index contributed by atoms with van der Waals surface area (Å²) in [6, 6.07) is 7.50. The molecule has 1 atom stereocenters. The lowest BCUT2D eigenvalue weighted by atomic mass is 10.1. The Balaban J connectivity index is 2.87. The van der Waals surface area contributed by atoms with Gasteiger partial charge in [0.15, 0.2) is 6.17 Å². The average Bonchev–Trinajstić information content (AvgIpc) is 2.28. The number of nitriles is 1. The summed E-state index contributed by atoms with van der Waals surface area (Å²) in [5.41, 5.74) is 0.932. The molecular weight excluding hydrogens is 229 g/mol. The average molecular weight is 240 g/mol. The first-order chi connectivity index (χ1) is 8.04. The normalized spacial score (nSPS) is 13.3. The van der Waals surface area contributed by atoms with Crippen molar-refractivity contribution >= 4 is 5.69 Å². The zero-order valence-electron chi connectivity index (χ0n) is 9.12. The summed E-state index contributed by atoms with van der Waals surface area (Å²) in [4.78, 5) is 0. The van der Waals surface area contributed by atoms with Crippen LogP contribution in [0.5, 0.6) is 0 Å². The summed E-state index contributed by atoms with van der Waals surface area (Å²) in [7, 11) is 0. The van der Waals surface area contributed by atoms with Gasteiger partial charge in [0.25, 0.3) is 6.43 Å². The van der Waals surface area contributed by atoms with Crippen molar-refractivity contribution in [2.75, 3.05) is 5.32 Å². The number of halogens is 3. The molecule has 1 unspecified atom stereocenters. The maximum Gasteiger partial charge on any atom is 0.273 e. The first-order valence-electron chi connectivity index (χ1n) is 4.90. The molecule has 0 heterocycles. The lowest BCUT2D eigenvalue weighted by Crippen LogP contribution is -2.04. The minimum atomic E-state index is -3.04. The van der Waals surface area contributed by atoms with Crippen molar-refractivity contribution < 1.29 is 13.2 Å². The molecule has 0 amide bonds. The molecule has 0 spiro atoms. The monoisotopic (exact) mass is 240 g/mol. The first kappa shape index (κ1) is 13.1. The first-order valence-corrected chi connectivity index (χ1v) is 4.90. The lowest BCUT2D eigenvalue weighted by Gasteiger charge is -2.10. The quantitative estimate of drug-likeness (QED) is 0.812. The van der Waals surface area contributed by atoms with Gasteiger partial charge in [0.05, 0.1) is 6.07 Å². The van der Waals surface area contributed by atoms with E-state index in [1.54, 1.807) is 13.0 Å². The number of hydrogen-bond donors (Lipinski definition) is 1. The second-order valence-corrected chi connectivity index (χ2v) is 3.44. The van der Waals surface area contributed by atoms with E-state index in [9.17, 15) is 13.2 Å². The van der Waals surface area contributed by atoms with Crippen molar-refractivity contribution in [3.8, 4) is 6.07 Å². The molecule has 1 rings (SSSR count). The van der Waals surface area contributed by atoms with Crippen LogP contribution in [0.1, 0.15) is 18.7 Å². The van der Waals surface area contributed by atoms with Gasteiger partial charge in [-0.1, -0.05) is 12.1 Å². The van der Waals surface area contributed by atoms with Crippen molar-refractivity contribution in [2.24, 2.45) is 0 Å². The molecule has 0 aliphatic heterocycles. The third-order valence-electron chi connectivity index (χ3n) is 2.05. The predicted octanol–water partition coefficient (Wildman–Crippen LogP) is 3.80. The molecule has 1 aromatic carbocycles. The van der Waals surface area contributed by atoms with Crippen LogP contribution in [0.15, 0.2) is 36.0 Å². The van der Waals surface area contributed by atoms with Gasteiger partial charge in [-0.25, -0.2) is 13.2 Å². The second kappa shape index (κ2) is 5.94. The number of rotatable bonds is 4. The predicted molar refractivity (Wildman–Crippen MR) is 59.3 cm³/mol. The minimum Gasteiger partial charge on any atom is -0.359 e. The third-order valence-corrected chi connectivity index (χ3v) is 2.05. The van der Waals surface area contributed by atoms with Crippen molar-refractivity contribution in [1.29, 1.82) is 5.26 Å². The fourth-order valence-corrected chi connectivity index (χ4v) is 1.29. The molecule has 17 heavy (non-hydrogen) atoms. The largest absolute Gasteiger partial charge is 0.359 e. The van der Waals surface area contributed by atoms with Gasteiger partial charge >= 0.3 is 0 Å². The van der Waals surface area contributed by atoms with Crippen LogP contribution in [0.3, 0.4) is 0 Å². The number of nitrogens with one attached hydrogen (secondary N) is 1. The highest BCUT2D eigenvalue weighted by molar-refractivity contribution is 5.50. The Kier molecular flexibility index (Phi) is 4.58. The molecule has 0 radical (unpaired) electrons. The van der Waals surface area contributed by atoms with Gasteiger partial charge in [-0.15, -0.1) is 0 Å². The molecule has 0 saturated heterocycles. The van der Waals surface area contributed by atoms with E-state index in [1.165, 1.54) is 24.3 Å². The molecule has 0 aromatic heterocycles. The molecular formula is C12H11F3N2. The molecule has 1 aromatic rings. The highest BCUT2D eigenvalue weighted by Gasteiger charge is 2.21. The SMILES string of the molecule is C/C(=C\C#N)Nc1cccc(C(F)C(F)F)c1. The van der Waals surface area contributed by atoms with E-state index in [-0.39, 0.29) is 5.56 Å². The van der Waals surface area contributed by atoms with E-state index in [0.29, 0.717) is 11.4 Å². The Labute approximate surface area is 97.4 Å². The number of benzene rings is 1. The Hall–Kier alpha value is -1.96. The van der Waals surface area contributed by atoms with E-state index >= 15 is 0 Å². The molecule has 0 bridgehead atoms. The highest BCUT2D eigenvalue weighted by atomic mass is 19.3. The fourth-order valence-electron chi connectivity index (χ4n) is 1.29. The van der Waals surface area contributed by atoms with Gasteiger partial charge < -0.3 is 5.32 Å². The van der Waals surface area contributed by atoms with Crippen LogP contribution < -0.4 is 5.32 Å². The summed E-state index contributed by atoms with van der Waals surface area (Å²) in [6.45, 7) is 1.65. The summed E-state index contributed by atoms with van der Waals surface area (Å²) in [5.74, 6) is 0. The molecule has 90 valence electrons. The van der Waals surface area contributed by atoms with Crippen LogP contribution in [0.25, 0.3) is 0 Å². The van der Waals surface area contributed by atoms with Gasteiger partial charge in [0.2, 0.25) is 0 Å². The maximum absolute atomic E-state index is 13.1. The molecule has 0 aliphatic rings.